The number of nitrogens with two attached hydrogens (primary N) is 2. The number of anilines is 2. The van der Waals surface area contributed by atoms with E-state index in [1.165, 1.54) is 14.2 Å². The van der Waals surface area contributed by atoms with E-state index in [9.17, 15) is 9.59 Å². The van der Waals surface area contributed by atoms with E-state index in [1.807, 2.05) is 36.4 Å². The molecule has 0 amide bonds. The van der Waals surface area contributed by atoms with Crippen molar-refractivity contribution < 1.29 is 29.1 Å². The summed E-state index contributed by atoms with van der Waals surface area (Å²) in [7, 11) is 1.29. The highest BCUT2D eigenvalue weighted by atomic mass is 79.9. The van der Waals surface area contributed by atoms with Gasteiger partial charge in [0, 0.05) is 24.8 Å². The monoisotopic (exact) mass is 734 g/mol. The maximum absolute atomic E-state index is 11.8. The lowest BCUT2D eigenvalue weighted by molar-refractivity contribution is 0.0591. The topological polar surface area (TPSA) is 145 Å². The first kappa shape index (κ1) is 33.1. The molecule has 0 aliphatic carbocycles. The van der Waals surface area contributed by atoms with E-state index < -0.39 is 19.1 Å². The molecule has 0 atom stereocenters. The van der Waals surface area contributed by atoms with Crippen molar-refractivity contribution in [2.24, 2.45) is 0 Å². The molecule has 208 valence electrons. The Morgan fingerprint density at radius 2 is 1.15 bits per heavy atom. The zero-order valence-electron chi connectivity index (χ0n) is 21.5. The van der Waals surface area contributed by atoms with Crippen molar-refractivity contribution in [1.82, 2.24) is 0 Å². The Labute approximate surface area is 257 Å². The van der Waals surface area contributed by atoms with Crippen molar-refractivity contribution in [3.05, 3.63) is 109 Å². The maximum atomic E-state index is 11.8. The van der Waals surface area contributed by atoms with Gasteiger partial charge in [-0.05, 0) is 75.0 Å². The van der Waals surface area contributed by atoms with Gasteiger partial charge >= 0.3 is 19.1 Å². The van der Waals surface area contributed by atoms with Gasteiger partial charge in [-0.3, -0.25) is 0 Å². The molecule has 4 rings (SSSR count). The number of esters is 2. The molecule has 12 heteroatoms. The largest absolute Gasteiger partial charge is 0.489 e. The van der Waals surface area contributed by atoms with Crippen molar-refractivity contribution in [2.75, 3.05) is 25.7 Å². The predicted octanol–water partition coefficient (Wildman–Crippen LogP) is 5.43. The molecule has 0 saturated carbocycles. The van der Waals surface area contributed by atoms with Crippen molar-refractivity contribution in [2.45, 2.75) is 0 Å². The molecule has 4 aromatic carbocycles. The minimum Gasteiger partial charge on any atom is -0.465 e. The van der Waals surface area contributed by atoms with Crippen LogP contribution in [0.4, 0.5) is 11.4 Å². The molecule has 40 heavy (non-hydrogen) atoms. The zero-order valence-corrected chi connectivity index (χ0v) is 26.2. The van der Waals surface area contributed by atoms with E-state index >= 15 is 0 Å². The van der Waals surface area contributed by atoms with Crippen LogP contribution in [0.2, 0.25) is 0 Å². The molecule has 0 aliphatic heterocycles. The highest BCUT2D eigenvalue weighted by Gasteiger charge is 2.15. The van der Waals surface area contributed by atoms with Crippen LogP contribution >= 0.6 is 47.8 Å². The van der Waals surface area contributed by atoms with Crippen molar-refractivity contribution in [1.29, 1.82) is 0 Å². The summed E-state index contributed by atoms with van der Waals surface area (Å²) in [5.74, 6) is -0.790. The standard InChI is InChI=1S/C14H12BrNO2.C8H8BrNO2.C6H6BBrO2/c1-18-14(17)12-8-9(16)6-7-10(12)11-4-2-3-5-13(11)15;1-12-8(11)6-4-5(10)2-3-7(6)9;8-6-4-2-1-3-5(6)7(9)10/h2-8H,16H2,1H3;2-4H,10H2,1H3;1-4,9-10H. The smallest absolute Gasteiger partial charge is 0.465 e. The average Bonchev–Trinajstić information content (AvgIpc) is 2.94. The first-order valence-corrected chi connectivity index (χ1v) is 13.8. The molecule has 0 bridgehead atoms. The van der Waals surface area contributed by atoms with Crippen molar-refractivity contribution in [3.8, 4) is 11.1 Å². The Kier molecular flexibility index (Phi) is 13.4. The summed E-state index contributed by atoms with van der Waals surface area (Å²) in [6.07, 6.45) is 0. The van der Waals surface area contributed by atoms with Crippen LogP contribution in [0.5, 0.6) is 0 Å². The molecule has 4 aromatic rings. The zero-order chi connectivity index (χ0) is 29.8. The summed E-state index contributed by atoms with van der Waals surface area (Å²) < 4.78 is 11.6. The minimum absolute atomic E-state index is 0.394. The summed E-state index contributed by atoms with van der Waals surface area (Å²) in [4.78, 5) is 22.9. The van der Waals surface area contributed by atoms with Crippen LogP contribution in [-0.2, 0) is 9.47 Å². The number of nitrogen functional groups attached to an aromatic ring is 2. The lowest BCUT2D eigenvalue weighted by atomic mass is 9.80. The molecule has 0 heterocycles. The first-order chi connectivity index (χ1) is 19.0. The second kappa shape index (κ2) is 16.2. The highest BCUT2D eigenvalue weighted by Crippen LogP contribution is 2.32. The molecular weight excluding hydrogens is 711 g/mol. The van der Waals surface area contributed by atoms with Gasteiger partial charge < -0.3 is 31.0 Å². The Morgan fingerprint density at radius 1 is 0.650 bits per heavy atom. The number of carbonyl (C=O) groups is 2. The Bertz CT molecular complexity index is 1470. The van der Waals surface area contributed by atoms with Crippen molar-refractivity contribution >= 4 is 83.7 Å². The van der Waals surface area contributed by atoms with Crippen LogP contribution in [-0.4, -0.2) is 43.3 Å². The van der Waals surface area contributed by atoms with E-state index in [0.29, 0.717) is 36.9 Å². The van der Waals surface area contributed by atoms with E-state index in [2.05, 4.69) is 52.5 Å². The number of hydrogen-bond acceptors (Lipinski definition) is 8. The summed E-state index contributed by atoms with van der Waals surface area (Å²) in [6, 6.07) is 24.9. The number of halogens is 3. The lowest BCUT2D eigenvalue weighted by Crippen LogP contribution is -2.30. The first-order valence-electron chi connectivity index (χ1n) is 11.5. The highest BCUT2D eigenvalue weighted by molar-refractivity contribution is 9.11. The number of hydrogen-bond donors (Lipinski definition) is 4. The Hall–Kier alpha value is -3.16. The second-order valence-electron chi connectivity index (χ2n) is 7.90. The summed E-state index contributed by atoms with van der Waals surface area (Å²) in [5, 5.41) is 17.5. The number of rotatable bonds is 4. The van der Waals surface area contributed by atoms with Gasteiger partial charge in [0.25, 0.3) is 0 Å². The molecule has 0 unspecified atom stereocenters. The number of carbonyl (C=O) groups excluding carboxylic acids is 2. The SMILES string of the molecule is COC(=O)c1cc(N)ccc1-c1ccccc1Br.COC(=O)c1cc(N)ccc1Br.OB(O)c1ccccc1Br. The van der Waals surface area contributed by atoms with E-state index in [0.717, 1.165) is 15.6 Å². The molecule has 8 nitrogen and oxygen atoms in total. The van der Waals surface area contributed by atoms with E-state index in [4.69, 9.17) is 26.3 Å². The third-order valence-electron chi connectivity index (χ3n) is 5.19. The molecule has 0 aromatic heterocycles. The van der Waals surface area contributed by atoms with E-state index in [-0.39, 0.29) is 0 Å². The lowest BCUT2D eigenvalue weighted by Gasteiger charge is -2.10. The summed E-state index contributed by atoms with van der Waals surface area (Å²) in [5.41, 5.74) is 15.4. The van der Waals surface area contributed by atoms with Gasteiger partial charge in [-0.2, -0.15) is 0 Å². The fraction of sp³-hybridized carbons (Fsp3) is 0.0714. The van der Waals surface area contributed by atoms with Gasteiger partial charge in [-0.15, -0.1) is 0 Å². The van der Waals surface area contributed by atoms with E-state index in [1.54, 1.807) is 48.5 Å². The van der Waals surface area contributed by atoms with Gasteiger partial charge in [-0.1, -0.05) is 74.3 Å². The molecule has 0 spiro atoms. The van der Waals surface area contributed by atoms with Crippen LogP contribution in [0.15, 0.2) is 98.3 Å². The van der Waals surface area contributed by atoms with Crippen LogP contribution in [0, 0.1) is 0 Å². The fourth-order valence-electron chi connectivity index (χ4n) is 3.25. The fourth-order valence-corrected chi connectivity index (χ4v) is 4.65. The summed E-state index contributed by atoms with van der Waals surface area (Å²) >= 11 is 9.87. The maximum Gasteiger partial charge on any atom is 0.489 e. The van der Waals surface area contributed by atoms with Gasteiger partial charge in [0.15, 0.2) is 0 Å². The number of ether oxygens (including phenoxy) is 2. The third-order valence-corrected chi connectivity index (χ3v) is 7.30. The van der Waals surface area contributed by atoms with Crippen LogP contribution in [0.3, 0.4) is 0 Å². The second-order valence-corrected chi connectivity index (χ2v) is 10.5. The molecule has 0 radical (unpaired) electrons. The molecule has 0 fully saturated rings. The minimum atomic E-state index is -1.39. The molecule has 6 N–H and O–H groups in total. The third kappa shape index (κ3) is 9.49. The van der Waals surface area contributed by atoms with Gasteiger partial charge in [0.05, 0.1) is 25.3 Å². The van der Waals surface area contributed by atoms with Crippen LogP contribution in [0.1, 0.15) is 20.7 Å². The Morgan fingerprint density at radius 3 is 1.68 bits per heavy atom. The summed E-state index contributed by atoms with van der Waals surface area (Å²) in [6.45, 7) is 0. The van der Waals surface area contributed by atoms with Gasteiger partial charge in [0.2, 0.25) is 0 Å². The molecule has 0 aliphatic rings. The van der Waals surface area contributed by atoms with Gasteiger partial charge in [0.1, 0.15) is 0 Å². The quantitative estimate of drug-likeness (QED) is 0.123. The van der Waals surface area contributed by atoms with Crippen molar-refractivity contribution in [3.63, 3.8) is 0 Å². The molecular formula is C28H26BBr3N2O6. The Balaban J connectivity index is 0.000000222. The molecule has 0 saturated heterocycles. The van der Waals surface area contributed by atoms with Crippen LogP contribution in [0.25, 0.3) is 11.1 Å². The average molecular weight is 737 g/mol. The van der Waals surface area contributed by atoms with Gasteiger partial charge in [-0.25, -0.2) is 9.59 Å². The predicted molar refractivity (Wildman–Crippen MR) is 169 cm³/mol. The number of benzene rings is 4. The normalized spacial score (nSPS) is 9.78. The number of methoxy groups -OCH3 is 2. The van der Waals surface area contributed by atoms with Crippen LogP contribution < -0.4 is 16.9 Å².